The molecule has 0 fully saturated rings. The van der Waals surface area contributed by atoms with Gasteiger partial charge in [-0.25, -0.2) is 0 Å². The maximum atomic E-state index is 12.5. The van der Waals surface area contributed by atoms with E-state index in [0.29, 0.717) is 17.7 Å². The van der Waals surface area contributed by atoms with Gasteiger partial charge in [-0.1, -0.05) is 54.1 Å². The van der Waals surface area contributed by atoms with Crippen molar-refractivity contribution in [2.24, 2.45) is 5.73 Å². The summed E-state index contributed by atoms with van der Waals surface area (Å²) in [7, 11) is 0. The molecule has 138 valence electrons. The Morgan fingerprint density at radius 1 is 1.15 bits per heavy atom. The SMILES string of the molecule is CC(=O)c1ccc(NC(=O)[C@@H](N)CC2=CC=CCC2)cc1-c1ccccc1. The zero-order valence-electron chi connectivity index (χ0n) is 15.4. The van der Waals surface area contributed by atoms with Crippen LogP contribution in [0.2, 0.25) is 0 Å². The molecule has 1 atom stereocenters. The van der Waals surface area contributed by atoms with E-state index in [2.05, 4.69) is 11.4 Å². The molecule has 4 nitrogen and oxygen atoms in total. The van der Waals surface area contributed by atoms with Crippen molar-refractivity contribution in [2.75, 3.05) is 5.32 Å². The first kappa shape index (κ1) is 18.8. The van der Waals surface area contributed by atoms with E-state index in [1.165, 1.54) is 5.57 Å². The number of carbonyl (C=O) groups excluding carboxylic acids is 2. The van der Waals surface area contributed by atoms with E-state index in [4.69, 9.17) is 5.73 Å². The summed E-state index contributed by atoms with van der Waals surface area (Å²) in [5.74, 6) is -0.235. The lowest BCUT2D eigenvalue weighted by Gasteiger charge is -2.16. The van der Waals surface area contributed by atoms with Crippen LogP contribution in [-0.4, -0.2) is 17.7 Å². The van der Waals surface area contributed by atoms with E-state index in [1.807, 2.05) is 48.6 Å². The molecule has 0 aromatic heterocycles. The van der Waals surface area contributed by atoms with Gasteiger partial charge in [0.2, 0.25) is 5.91 Å². The predicted molar refractivity (Wildman–Crippen MR) is 110 cm³/mol. The number of hydrogen-bond acceptors (Lipinski definition) is 3. The normalized spacial score (nSPS) is 14.4. The van der Waals surface area contributed by atoms with Crippen molar-refractivity contribution in [3.05, 3.63) is 77.9 Å². The topological polar surface area (TPSA) is 72.2 Å². The summed E-state index contributed by atoms with van der Waals surface area (Å²) in [4.78, 5) is 24.5. The predicted octanol–water partition coefficient (Wildman–Crippen LogP) is 4.49. The van der Waals surface area contributed by atoms with Crippen LogP contribution in [0.4, 0.5) is 5.69 Å². The minimum Gasteiger partial charge on any atom is -0.325 e. The Balaban J connectivity index is 1.78. The van der Waals surface area contributed by atoms with Crippen LogP contribution in [-0.2, 0) is 4.79 Å². The number of hydrogen-bond donors (Lipinski definition) is 2. The summed E-state index contributed by atoms with van der Waals surface area (Å²) in [6, 6.07) is 14.4. The largest absolute Gasteiger partial charge is 0.325 e. The molecule has 3 rings (SSSR count). The second-order valence-corrected chi connectivity index (χ2v) is 6.77. The smallest absolute Gasteiger partial charge is 0.241 e. The molecule has 0 saturated carbocycles. The Morgan fingerprint density at radius 2 is 1.93 bits per heavy atom. The Bertz CT molecular complexity index is 898. The number of allylic oxidation sites excluding steroid dienone is 3. The third-order valence-electron chi connectivity index (χ3n) is 4.67. The zero-order valence-corrected chi connectivity index (χ0v) is 15.4. The molecule has 2 aromatic rings. The lowest BCUT2D eigenvalue weighted by molar-refractivity contribution is -0.117. The van der Waals surface area contributed by atoms with Crippen molar-refractivity contribution >= 4 is 17.4 Å². The fourth-order valence-corrected chi connectivity index (χ4v) is 3.22. The van der Waals surface area contributed by atoms with Gasteiger partial charge in [-0.2, -0.15) is 0 Å². The fourth-order valence-electron chi connectivity index (χ4n) is 3.22. The van der Waals surface area contributed by atoms with Crippen LogP contribution >= 0.6 is 0 Å². The molecule has 0 spiro atoms. The highest BCUT2D eigenvalue weighted by Crippen LogP contribution is 2.27. The van der Waals surface area contributed by atoms with Crippen LogP contribution in [0.1, 0.15) is 36.5 Å². The second-order valence-electron chi connectivity index (χ2n) is 6.77. The Labute approximate surface area is 159 Å². The monoisotopic (exact) mass is 360 g/mol. The molecule has 4 heteroatoms. The van der Waals surface area contributed by atoms with Gasteiger partial charge in [0.1, 0.15) is 0 Å². The van der Waals surface area contributed by atoms with Crippen LogP contribution in [0.3, 0.4) is 0 Å². The van der Waals surface area contributed by atoms with Gasteiger partial charge in [-0.3, -0.25) is 9.59 Å². The molecule has 3 N–H and O–H groups in total. The van der Waals surface area contributed by atoms with Crippen LogP contribution in [0.5, 0.6) is 0 Å². The first-order valence-electron chi connectivity index (χ1n) is 9.16. The molecule has 0 saturated heterocycles. The molecular weight excluding hydrogens is 336 g/mol. The van der Waals surface area contributed by atoms with Crippen molar-refractivity contribution in [1.29, 1.82) is 0 Å². The van der Waals surface area contributed by atoms with Crippen molar-refractivity contribution in [2.45, 2.75) is 32.2 Å². The van der Waals surface area contributed by atoms with Gasteiger partial charge in [-0.15, -0.1) is 0 Å². The van der Waals surface area contributed by atoms with Gasteiger partial charge >= 0.3 is 0 Å². The summed E-state index contributed by atoms with van der Waals surface area (Å²) < 4.78 is 0. The molecule has 27 heavy (non-hydrogen) atoms. The quantitative estimate of drug-likeness (QED) is 0.746. The zero-order chi connectivity index (χ0) is 19.2. The molecule has 1 amide bonds. The number of Topliss-reactive ketones (excluding diaryl/α,β-unsaturated/α-hetero) is 1. The summed E-state index contributed by atoms with van der Waals surface area (Å²) in [5, 5.41) is 2.89. The third-order valence-corrected chi connectivity index (χ3v) is 4.67. The Morgan fingerprint density at radius 3 is 2.59 bits per heavy atom. The Kier molecular flexibility index (Phi) is 5.99. The fraction of sp³-hybridized carbons (Fsp3) is 0.217. The number of anilines is 1. The maximum Gasteiger partial charge on any atom is 0.241 e. The van der Waals surface area contributed by atoms with Crippen molar-refractivity contribution in [1.82, 2.24) is 0 Å². The van der Waals surface area contributed by atoms with Crippen LogP contribution < -0.4 is 11.1 Å². The molecule has 1 aliphatic carbocycles. The summed E-state index contributed by atoms with van der Waals surface area (Å²) in [6.07, 6.45) is 8.64. The Hall–Kier alpha value is -2.98. The molecule has 0 unspecified atom stereocenters. The van der Waals surface area contributed by atoms with Crippen LogP contribution in [0.25, 0.3) is 11.1 Å². The number of amides is 1. The van der Waals surface area contributed by atoms with Gasteiger partial charge in [0.15, 0.2) is 5.78 Å². The summed E-state index contributed by atoms with van der Waals surface area (Å²) in [5.41, 5.74) is 10.3. The number of carbonyl (C=O) groups is 2. The van der Waals surface area contributed by atoms with E-state index >= 15 is 0 Å². The number of rotatable bonds is 6. The summed E-state index contributed by atoms with van der Waals surface area (Å²) >= 11 is 0. The van der Waals surface area contributed by atoms with Crippen molar-refractivity contribution in [3.8, 4) is 11.1 Å². The number of benzene rings is 2. The van der Waals surface area contributed by atoms with Crippen molar-refractivity contribution < 1.29 is 9.59 Å². The highest BCUT2D eigenvalue weighted by molar-refractivity contribution is 6.02. The van der Waals surface area contributed by atoms with Crippen molar-refractivity contribution in [3.63, 3.8) is 0 Å². The highest BCUT2D eigenvalue weighted by Gasteiger charge is 2.17. The first-order valence-corrected chi connectivity index (χ1v) is 9.16. The van der Waals surface area contributed by atoms with E-state index < -0.39 is 6.04 Å². The van der Waals surface area contributed by atoms with E-state index in [1.54, 1.807) is 19.1 Å². The van der Waals surface area contributed by atoms with Gasteiger partial charge in [0.25, 0.3) is 0 Å². The standard InChI is InChI=1S/C23H24N2O2/c1-16(26)20-13-12-19(15-21(20)18-10-6-3-7-11-18)25-23(27)22(24)14-17-8-4-2-5-9-17/h2-4,6-8,10-13,15,22H,5,9,14,24H2,1H3,(H,25,27)/t22-/m0/s1. The van der Waals surface area contributed by atoms with E-state index in [9.17, 15) is 9.59 Å². The molecule has 0 aliphatic heterocycles. The minimum atomic E-state index is -0.601. The lowest BCUT2D eigenvalue weighted by Crippen LogP contribution is -2.36. The maximum absolute atomic E-state index is 12.5. The number of nitrogens with two attached hydrogens (primary N) is 1. The molecule has 0 bridgehead atoms. The van der Waals surface area contributed by atoms with Gasteiger partial charge < -0.3 is 11.1 Å². The lowest BCUT2D eigenvalue weighted by atomic mass is 9.96. The number of ketones is 1. The molecule has 0 radical (unpaired) electrons. The number of nitrogens with one attached hydrogen (secondary N) is 1. The minimum absolute atomic E-state index is 0.0132. The van der Waals surface area contributed by atoms with Gasteiger partial charge in [0.05, 0.1) is 6.04 Å². The molecule has 2 aromatic carbocycles. The third kappa shape index (κ3) is 4.80. The van der Waals surface area contributed by atoms with Gasteiger partial charge in [0, 0.05) is 11.3 Å². The van der Waals surface area contributed by atoms with E-state index in [-0.39, 0.29) is 11.7 Å². The first-order chi connectivity index (χ1) is 13.0. The highest BCUT2D eigenvalue weighted by atomic mass is 16.2. The van der Waals surface area contributed by atoms with E-state index in [0.717, 1.165) is 24.0 Å². The van der Waals surface area contributed by atoms with Gasteiger partial charge in [-0.05, 0) is 55.5 Å². The average molecular weight is 360 g/mol. The van der Waals surface area contributed by atoms with Crippen LogP contribution in [0, 0.1) is 0 Å². The molecule has 0 heterocycles. The summed E-state index contributed by atoms with van der Waals surface area (Å²) in [6.45, 7) is 1.54. The van der Waals surface area contributed by atoms with Crippen LogP contribution in [0.15, 0.2) is 72.3 Å². The molecule has 1 aliphatic rings. The second kappa shape index (κ2) is 8.60. The molecular formula is C23H24N2O2. The average Bonchev–Trinajstić information content (AvgIpc) is 2.69.